The average molecular weight is 261 g/mol. The van der Waals surface area contributed by atoms with Gasteiger partial charge in [0.15, 0.2) is 11.4 Å². The van der Waals surface area contributed by atoms with Gasteiger partial charge in [-0.2, -0.15) is 5.10 Å². The molecule has 0 atom stereocenters. The Bertz CT molecular complexity index is 627. The van der Waals surface area contributed by atoms with Crippen LogP contribution in [-0.2, 0) is 0 Å². The van der Waals surface area contributed by atoms with Crippen LogP contribution < -0.4 is 10.5 Å². The standard InChI is InChI=1S/C13H12FN3O2/c1-7-10(8-3-5-9(14)6-4-8)12(19-2)11(13(15)18)17-16-7/h3-6H,1-2H3,(H2,15,18). The summed E-state index contributed by atoms with van der Waals surface area (Å²) in [7, 11) is 1.41. The van der Waals surface area contributed by atoms with Crippen molar-refractivity contribution >= 4 is 5.91 Å². The number of ether oxygens (including phenoxy) is 1. The van der Waals surface area contributed by atoms with E-state index < -0.39 is 5.91 Å². The van der Waals surface area contributed by atoms with Crippen LogP contribution in [-0.4, -0.2) is 23.2 Å². The molecule has 0 radical (unpaired) electrons. The molecule has 0 spiro atoms. The third-order valence-corrected chi connectivity index (χ3v) is 2.67. The molecule has 2 aromatic rings. The zero-order chi connectivity index (χ0) is 14.0. The van der Waals surface area contributed by atoms with Crippen molar-refractivity contribution in [1.29, 1.82) is 0 Å². The van der Waals surface area contributed by atoms with E-state index in [2.05, 4.69) is 10.2 Å². The predicted octanol–water partition coefficient (Wildman–Crippen LogP) is 1.70. The first-order valence-electron chi connectivity index (χ1n) is 5.51. The highest BCUT2D eigenvalue weighted by atomic mass is 19.1. The van der Waals surface area contributed by atoms with Crippen molar-refractivity contribution < 1.29 is 13.9 Å². The monoisotopic (exact) mass is 261 g/mol. The molecule has 6 heteroatoms. The minimum atomic E-state index is -0.729. The number of halogens is 1. The van der Waals surface area contributed by atoms with E-state index in [-0.39, 0.29) is 17.3 Å². The molecule has 0 fully saturated rings. The molecule has 0 aliphatic rings. The number of nitrogens with two attached hydrogens (primary N) is 1. The molecule has 2 N–H and O–H groups in total. The maximum absolute atomic E-state index is 13.0. The van der Waals surface area contributed by atoms with Crippen LogP contribution in [0.4, 0.5) is 4.39 Å². The van der Waals surface area contributed by atoms with Crippen LogP contribution in [0.15, 0.2) is 24.3 Å². The minimum Gasteiger partial charge on any atom is -0.493 e. The number of carbonyl (C=O) groups excluding carboxylic acids is 1. The van der Waals surface area contributed by atoms with Gasteiger partial charge in [0.05, 0.1) is 12.8 Å². The van der Waals surface area contributed by atoms with Crippen molar-refractivity contribution in [3.8, 4) is 16.9 Å². The summed E-state index contributed by atoms with van der Waals surface area (Å²) in [5, 5.41) is 7.61. The third kappa shape index (κ3) is 2.37. The highest BCUT2D eigenvalue weighted by molar-refractivity contribution is 5.96. The number of amides is 1. The van der Waals surface area contributed by atoms with Gasteiger partial charge in [-0.15, -0.1) is 5.10 Å². The number of rotatable bonds is 3. The topological polar surface area (TPSA) is 78.1 Å². The van der Waals surface area contributed by atoms with Crippen LogP contribution in [0.3, 0.4) is 0 Å². The van der Waals surface area contributed by atoms with Gasteiger partial charge in [0.1, 0.15) is 5.82 Å². The molecular formula is C13H12FN3O2. The molecule has 0 saturated carbocycles. The minimum absolute atomic E-state index is 0.0487. The highest BCUT2D eigenvalue weighted by Gasteiger charge is 2.20. The number of benzene rings is 1. The number of carbonyl (C=O) groups is 1. The van der Waals surface area contributed by atoms with Crippen molar-refractivity contribution in [2.24, 2.45) is 5.73 Å². The van der Waals surface area contributed by atoms with Gasteiger partial charge in [-0.3, -0.25) is 4.79 Å². The Morgan fingerprint density at radius 3 is 2.42 bits per heavy atom. The molecule has 1 heterocycles. The van der Waals surface area contributed by atoms with Gasteiger partial charge in [0, 0.05) is 5.56 Å². The van der Waals surface area contributed by atoms with Gasteiger partial charge in [0.25, 0.3) is 5.91 Å². The molecule has 0 aliphatic heterocycles. The first-order chi connectivity index (χ1) is 9.04. The Morgan fingerprint density at radius 1 is 1.26 bits per heavy atom. The summed E-state index contributed by atoms with van der Waals surface area (Å²) in [5.41, 5.74) is 6.99. The van der Waals surface area contributed by atoms with E-state index in [0.29, 0.717) is 16.8 Å². The van der Waals surface area contributed by atoms with E-state index in [1.54, 1.807) is 19.1 Å². The first kappa shape index (κ1) is 12.9. The normalized spacial score (nSPS) is 10.3. The Morgan fingerprint density at radius 2 is 1.89 bits per heavy atom. The van der Waals surface area contributed by atoms with Crippen LogP contribution in [0.1, 0.15) is 16.2 Å². The highest BCUT2D eigenvalue weighted by Crippen LogP contribution is 2.33. The summed E-state index contributed by atoms with van der Waals surface area (Å²) in [4.78, 5) is 11.3. The van der Waals surface area contributed by atoms with Gasteiger partial charge >= 0.3 is 0 Å². The summed E-state index contributed by atoms with van der Waals surface area (Å²) >= 11 is 0. The van der Waals surface area contributed by atoms with E-state index >= 15 is 0 Å². The maximum atomic E-state index is 13.0. The molecule has 1 amide bonds. The van der Waals surface area contributed by atoms with Gasteiger partial charge in [-0.25, -0.2) is 4.39 Å². The van der Waals surface area contributed by atoms with Crippen LogP contribution in [0.25, 0.3) is 11.1 Å². The van der Waals surface area contributed by atoms with E-state index in [0.717, 1.165) is 0 Å². The second kappa shape index (κ2) is 5.01. The van der Waals surface area contributed by atoms with Gasteiger partial charge in [0.2, 0.25) is 0 Å². The molecule has 0 aliphatic carbocycles. The summed E-state index contributed by atoms with van der Waals surface area (Å²) in [5.74, 6) is -0.836. The Hall–Kier alpha value is -2.50. The molecule has 0 saturated heterocycles. The van der Waals surface area contributed by atoms with Gasteiger partial charge in [-0.1, -0.05) is 12.1 Å². The second-order valence-electron chi connectivity index (χ2n) is 3.91. The molecule has 0 unspecified atom stereocenters. The van der Waals surface area contributed by atoms with E-state index in [1.807, 2.05) is 0 Å². The second-order valence-corrected chi connectivity index (χ2v) is 3.91. The molecule has 1 aromatic heterocycles. The Kier molecular flexibility index (Phi) is 3.41. The molecule has 2 rings (SSSR count). The lowest BCUT2D eigenvalue weighted by molar-refractivity contribution is 0.0991. The number of aromatic nitrogens is 2. The zero-order valence-corrected chi connectivity index (χ0v) is 10.5. The number of primary amides is 1. The smallest absolute Gasteiger partial charge is 0.273 e. The average Bonchev–Trinajstić information content (AvgIpc) is 2.39. The number of hydrogen-bond acceptors (Lipinski definition) is 4. The number of aryl methyl sites for hydroxylation is 1. The summed E-state index contributed by atoms with van der Waals surface area (Å²) in [6.07, 6.45) is 0. The lowest BCUT2D eigenvalue weighted by Crippen LogP contribution is -2.16. The van der Waals surface area contributed by atoms with Crippen molar-refractivity contribution in [3.05, 3.63) is 41.5 Å². The van der Waals surface area contributed by atoms with Crippen molar-refractivity contribution in [1.82, 2.24) is 10.2 Å². The largest absolute Gasteiger partial charge is 0.493 e. The fourth-order valence-corrected chi connectivity index (χ4v) is 1.82. The lowest BCUT2D eigenvalue weighted by atomic mass is 10.0. The Balaban J connectivity index is 2.70. The molecule has 0 bridgehead atoms. The van der Waals surface area contributed by atoms with Gasteiger partial charge < -0.3 is 10.5 Å². The maximum Gasteiger partial charge on any atom is 0.273 e. The Labute approximate surface area is 109 Å². The molecule has 1 aromatic carbocycles. The number of methoxy groups -OCH3 is 1. The predicted molar refractivity (Wildman–Crippen MR) is 67.2 cm³/mol. The molecule has 98 valence electrons. The summed E-state index contributed by atoms with van der Waals surface area (Å²) < 4.78 is 18.2. The van der Waals surface area contributed by atoms with Crippen molar-refractivity contribution in [2.45, 2.75) is 6.92 Å². The first-order valence-corrected chi connectivity index (χ1v) is 5.51. The zero-order valence-electron chi connectivity index (χ0n) is 10.5. The molecule has 19 heavy (non-hydrogen) atoms. The third-order valence-electron chi connectivity index (χ3n) is 2.67. The van der Waals surface area contributed by atoms with Crippen molar-refractivity contribution in [2.75, 3.05) is 7.11 Å². The van der Waals surface area contributed by atoms with E-state index in [4.69, 9.17) is 10.5 Å². The van der Waals surface area contributed by atoms with Crippen molar-refractivity contribution in [3.63, 3.8) is 0 Å². The molecular weight excluding hydrogens is 249 g/mol. The SMILES string of the molecule is COc1c(C(N)=O)nnc(C)c1-c1ccc(F)cc1. The van der Waals surface area contributed by atoms with Gasteiger partial charge in [-0.05, 0) is 24.6 Å². The lowest BCUT2D eigenvalue weighted by Gasteiger charge is -2.12. The molecule has 5 nitrogen and oxygen atoms in total. The van der Waals surface area contributed by atoms with Crippen LogP contribution in [0.5, 0.6) is 5.75 Å². The van der Waals surface area contributed by atoms with Crippen LogP contribution in [0.2, 0.25) is 0 Å². The number of hydrogen-bond donors (Lipinski definition) is 1. The fourth-order valence-electron chi connectivity index (χ4n) is 1.82. The quantitative estimate of drug-likeness (QED) is 0.912. The summed E-state index contributed by atoms with van der Waals surface area (Å²) in [6, 6.07) is 5.79. The van der Waals surface area contributed by atoms with Crippen LogP contribution in [0, 0.1) is 12.7 Å². The van der Waals surface area contributed by atoms with E-state index in [1.165, 1.54) is 19.2 Å². The van der Waals surface area contributed by atoms with Crippen LogP contribution >= 0.6 is 0 Å². The van der Waals surface area contributed by atoms with E-state index in [9.17, 15) is 9.18 Å². The number of nitrogens with zero attached hydrogens (tertiary/aromatic N) is 2. The fraction of sp³-hybridized carbons (Fsp3) is 0.154. The summed E-state index contributed by atoms with van der Waals surface area (Å²) in [6.45, 7) is 1.72.